The summed E-state index contributed by atoms with van der Waals surface area (Å²) >= 11 is 0. The molecule has 2 aromatic heterocycles. The standard InChI is InChI=1S/C22H23F2N3O2/c1-13-8-9-25-20-16(22(29)26-18-4-2-3-5-19(18)28)12-27(21(13)20)11-14-10-15(23)6-7-17(14)24/h6-10,12,18-19,28H,2-5,11H2,1H3,(H,26,29)/t18-,19?/m0/s1. The third-order valence-electron chi connectivity index (χ3n) is 5.59. The molecule has 0 saturated heterocycles. The zero-order valence-corrected chi connectivity index (χ0v) is 16.2. The quantitative estimate of drug-likeness (QED) is 0.703. The number of fused-ring (bicyclic) bond motifs is 1. The molecule has 2 atom stereocenters. The van der Waals surface area contributed by atoms with Crippen molar-refractivity contribution in [1.82, 2.24) is 14.9 Å². The molecule has 7 heteroatoms. The molecule has 1 aliphatic carbocycles. The van der Waals surface area contributed by atoms with Gasteiger partial charge in [0, 0.05) is 18.0 Å². The molecular formula is C22H23F2N3O2. The summed E-state index contributed by atoms with van der Waals surface area (Å²) < 4.78 is 29.5. The van der Waals surface area contributed by atoms with Gasteiger partial charge in [-0.05, 0) is 49.6 Å². The second kappa shape index (κ2) is 7.91. The summed E-state index contributed by atoms with van der Waals surface area (Å²) in [6, 6.07) is 4.85. The summed E-state index contributed by atoms with van der Waals surface area (Å²) in [4.78, 5) is 17.3. The molecule has 152 valence electrons. The van der Waals surface area contributed by atoms with Gasteiger partial charge in [-0.3, -0.25) is 9.78 Å². The number of aliphatic hydroxyl groups excluding tert-OH is 1. The smallest absolute Gasteiger partial charge is 0.255 e. The highest BCUT2D eigenvalue weighted by atomic mass is 19.1. The molecule has 1 unspecified atom stereocenters. The third kappa shape index (κ3) is 3.87. The highest BCUT2D eigenvalue weighted by Gasteiger charge is 2.27. The Labute approximate surface area is 167 Å². The Morgan fingerprint density at radius 1 is 1.28 bits per heavy atom. The van der Waals surface area contributed by atoms with Crippen LogP contribution in [0.1, 0.15) is 47.2 Å². The molecule has 1 saturated carbocycles. The van der Waals surface area contributed by atoms with Crippen molar-refractivity contribution in [1.29, 1.82) is 0 Å². The molecule has 0 spiro atoms. The van der Waals surface area contributed by atoms with Gasteiger partial charge in [-0.15, -0.1) is 0 Å². The van der Waals surface area contributed by atoms with Gasteiger partial charge in [0.15, 0.2) is 0 Å². The summed E-state index contributed by atoms with van der Waals surface area (Å²) in [6.07, 6.45) is 6.00. The molecule has 1 amide bonds. The minimum Gasteiger partial charge on any atom is -0.391 e. The molecule has 1 fully saturated rings. The van der Waals surface area contributed by atoms with Crippen molar-refractivity contribution in [2.24, 2.45) is 0 Å². The van der Waals surface area contributed by atoms with Crippen LogP contribution in [-0.2, 0) is 6.54 Å². The maximum Gasteiger partial charge on any atom is 0.255 e. The lowest BCUT2D eigenvalue weighted by Crippen LogP contribution is -2.45. The maximum atomic E-state index is 14.2. The molecule has 29 heavy (non-hydrogen) atoms. The van der Waals surface area contributed by atoms with E-state index in [2.05, 4.69) is 10.3 Å². The SMILES string of the molecule is Cc1ccnc2c(C(=O)N[C@H]3CCCCC3O)cn(Cc3cc(F)ccc3F)c12. The van der Waals surface area contributed by atoms with Gasteiger partial charge >= 0.3 is 0 Å². The van der Waals surface area contributed by atoms with E-state index in [-0.39, 0.29) is 24.1 Å². The molecule has 4 rings (SSSR count). The molecule has 2 N–H and O–H groups in total. The van der Waals surface area contributed by atoms with E-state index in [0.717, 1.165) is 43.0 Å². The van der Waals surface area contributed by atoms with E-state index in [9.17, 15) is 18.7 Å². The number of aromatic nitrogens is 2. The molecular weight excluding hydrogens is 376 g/mol. The van der Waals surface area contributed by atoms with Gasteiger partial charge in [0.1, 0.15) is 17.2 Å². The number of amides is 1. The van der Waals surface area contributed by atoms with Crippen molar-refractivity contribution in [3.63, 3.8) is 0 Å². The lowest BCUT2D eigenvalue weighted by molar-refractivity contribution is 0.0718. The maximum absolute atomic E-state index is 14.2. The van der Waals surface area contributed by atoms with Gasteiger partial charge in [-0.1, -0.05) is 12.8 Å². The highest BCUT2D eigenvalue weighted by Crippen LogP contribution is 2.25. The van der Waals surface area contributed by atoms with Crippen LogP contribution in [0.25, 0.3) is 11.0 Å². The van der Waals surface area contributed by atoms with E-state index in [4.69, 9.17) is 0 Å². The number of pyridine rings is 1. The fourth-order valence-corrected chi connectivity index (χ4v) is 4.06. The van der Waals surface area contributed by atoms with Crippen molar-refractivity contribution >= 4 is 16.9 Å². The fraction of sp³-hybridized carbons (Fsp3) is 0.364. The molecule has 3 aromatic rings. The monoisotopic (exact) mass is 399 g/mol. The second-order valence-corrected chi connectivity index (χ2v) is 7.66. The normalized spacial score (nSPS) is 19.4. The Hall–Kier alpha value is -2.80. The Morgan fingerprint density at radius 3 is 2.86 bits per heavy atom. The number of nitrogens with one attached hydrogen (secondary N) is 1. The van der Waals surface area contributed by atoms with Crippen molar-refractivity contribution in [3.05, 3.63) is 65.0 Å². The van der Waals surface area contributed by atoms with Gasteiger partial charge in [0.05, 0.1) is 29.8 Å². The molecule has 0 bridgehead atoms. The summed E-state index contributed by atoms with van der Waals surface area (Å²) in [5, 5.41) is 13.1. The van der Waals surface area contributed by atoms with Gasteiger partial charge in [-0.2, -0.15) is 0 Å². The Bertz CT molecular complexity index is 1060. The first-order chi connectivity index (χ1) is 13.9. The zero-order valence-electron chi connectivity index (χ0n) is 16.2. The number of nitrogens with zero attached hydrogens (tertiary/aromatic N) is 2. The summed E-state index contributed by atoms with van der Waals surface area (Å²) in [6.45, 7) is 1.96. The Morgan fingerprint density at radius 2 is 2.07 bits per heavy atom. The van der Waals surface area contributed by atoms with Crippen LogP contribution >= 0.6 is 0 Å². The van der Waals surface area contributed by atoms with Gasteiger partial charge in [0.25, 0.3) is 5.91 Å². The van der Waals surface area contributed by atoms with Crippen LogP contribution in [0, 0.1) is 18.6 Å². The third-order valence-corrected chi connectivity index (χ3v) is 5.59. The van der Waals surface area contributed by atoms with Crippen molar-refractivity contribution in [3.8, 4) is 0 Å². The van der Waals surface area contributed by atoms with Gasteiger partial charge < -0.3 is 15.0 Å². The number of hydrogen-bond acceptors (Lipinski definition) is 3. The Balaban J connectivity index is 1.71. The van der Waals surface area contributed by atoms with E-state index >= 15 is 0 Å². The van der Waals surface area contributed by atoms with E-state index in [1.807, 2.05) is 13.0 Å². The van der Waals surface area contributed by atoms with Crippen LogP contribution in [0.4, 0.5) is 8.78 Å². The number of halogens is 2. The number of carbonyl (C=O) groups is 1. The Kier molecular flexibility index (Phi) is 5.32. The largest absolute Gasteiger partial charge is 0.391 e. The lowest BCUT2D eigenvalue weighted by atomic mass is 9.92. The molecule has 1 aliphatic rings. The topological polar surface area (TPSA) is 67.2 Å². The van der Waals surface area contributed by atoms with Crippen molar-refractivity contribution < 1.29 is 18.7 Å². The molecule has 5 nitrogen and oxygen atoms in total. The predicted octanol–water partition coefficient (Wildman–Crippen LogP) is 3.70. The predicted molar refractivity (Wildman–Crippen MR) is 106 cm³/mol. The van der Waals surface area contributed by atoms with Crippen LogP contribution < -0.4 is 5.32 Å². The number of rotatable bonds is 4. The zero-order chi connectivity index (χ0) is 20.5. The van der Waals surface area contributed by atoms with Gasteiger partial charge in [-0.25, -0.2) is 8.78 Å². The first-order valence-corrected chi connectivity index (χ1v) is 9.81. The minimum absolute atomic E-state index is 0.0754. The first kappa shape index (κ1) is 19.5. The number of hydrogen-bond donors (Lipinski definition) is 2. The van der Waals surface area contributed by atoms with E-state index < -0.39 is 17.7 Å². The van der Waals surface area contributed by atoms with Crippen LogP contribution in [0.2, 0.25) is 0 Å². The van der Waals surface area contributed by atoms with Crippen LogP contribution in [0.3, 0.4) is 0 Å². The summed E-state index contributed by atoms with van der Waals surface area (Å²) in [5.41, 5.74) is 2.64. The van der Waals surface area contributed by atoms with Crippen LogP contribution in [0.15, 0.2) is 36.7 Å². The van der Waals surface area contributed by atoms with E-state index in [0.29, 0.717) is 23.0 Å². The highest BCUT2D eigenvalue weighted by molar-refractivity contribution is 6.06. The lowest BCUT2D eigenvalue weighted by Gasteiger charge is -2.28. The first-order valence-electron chi connectivity index (χ1n) is 9.81. The van der Waals surface area contributed by atoms with Crippen LogP contribution in [-0.4, -0.2) is 32.7 Å². The van der Waals surface area contributed by atoms with E-state index in [1.54, 1.807) is 17.0 Å². The van der Waals surface area contributed by atoms with Crippen molar-refractivity contribution in [2.45, 2.75) is 51.3 Å². The number of carbonyl (C=O) groups excluding carboxylic acids is 1. The van der Waals surface area contributed by atoms with E-state index in [1.165, 1.54) is 0 Å². The number of aliphatic hydroxyl groups is 1. The molecule has 1 aromatic carbocycles. The average molecular weight is 399 g/mol. The average Bonchev–Trinajstić information content (AvgIpc) is 3.06. The minimum atomic E-state index is -0.558. The molecule has 0 aliphatic heterocycles. The number of benzene rings is 1. The summed E-state index contributed by atoms with van der Waals surface area (Å²) in [7, 11) is 0. The van der Waals surface area contributed by atoms with Gasteiger partial charge in [0.2, 0.25) is 0 Å². The fourth-order valence-electron chi connectivity index (χ4n) is 4.06. The molecule has 2 heterocycles. The second-order valence-electron chi connectivity index (χ2n) is 7.66. The molecule has 0 radical (unpaired) electrons. The summed E-state index contributed by atoms with van der Waals surface area (Å²) in [5.74, 6) is -1.35. The number of aryl methyl sites for hydroxylation is 1. The van der Waals surface area contributed by atoms with Crippen molar-refractivity contribution in [2.75, 3.05) is 0 Å². The van der Waals surface area contributed by atoms with Crippen LogP contribution in [0.5, 0.6) is 0 Å².